The second-order valence-corrected chi connectivity index (χ2v) is 7.85. The summed E-state index contributed by atoms with van der Waals surface area (Å²) in [7, 11) is 1.87. The van der Waals surface area contributed by atoms with E-state index in [0.717, 1.165) is 44.4 Å². The fourth-order valence-electron chi connectivity index (χ4n) is 4.32. The van der Waals surface area contributed by atoms with Gasteiger partial charge in [0.1, 0.15) is 24.1 Å². The Labute approximate surface area is 196 Å². The van der Waals surface area contributed by atoms with Crippen molar-refractivity contribution in [3.63, 3.8) is 0 Å². The first kappa shape index (κ1) is 21.5. The van der Waals surface area contributed by atoms with Crippen molar-refractivity contribution < 1.29 is 4.74 Å². The number of nitrogen functional groups attached to an aromatic ring is 1. The number of nitrogens with two attached hydrogens (primary N) is 2. The molecule has 0 aliphatic rings. The first-order valence-electron chi connectivity index (χ1n) is 11.0. The highest BCUT2D eigenvalue weighted by molar-refractivity contribution is 6.09. The number of aryl methyl sites for hydroxylation is 1. The van der Waals surface area contributed by atoms with E-state index in [0.29, 0.717) is 23.9 Å². The molecule has 5 aromatic rings. The van der Waals surface area contributed by atoms with E-state index < -0.39 is 0 Å². The number of fused-ring (bicyclic) bond motifs is 2. The van der Waals surface area contributed by atoms with Gasteiger partial charge in [-0.25, -0.2) is 0 Å². The van der Waals surface area contributed by atoms with Gasteiger partial charge in [0.05, 0.1) is 22.0 Å². The van der Waals surface area contributed by atoms with Gasteiger partial charge in [0.2, 0.25) is 0 Å². The first-order chi connectivity index (χ1) is 16.6. The normalized spacial score (nSPS) is 11.1. The number of aromatic nitrogens is 4. The quantitative estimate of drug-likeness (QED) is 0.273. The predicted octanol–water partition coefficient (Wildman–Crippen LogP) is 3.81. The summed E-state index contributed by atoms with van der Waals surface area (Å²) in [4.78, 5) is 4.55. The maximum Gasteiger partial charge on any atom is 0.160 e. The molecule has 9 nitrogen and oxygen atoms in total. The lowest BCUT2D eigenvalue weighted by Gasteiger charge is -2.13. The van der Waals surface area contributed by atoms with Crippen LogP contribution < -0.4 is 26.8 Å². The highest BCUT2D eigenvalue weighted by atomic mass is 16.5. The van der Waals surface area contributed by atoms with Crippen molar-refractivity contribution in [2.75, 3.05) is 30.1 Å². The molecule has 0 atom stereocenters. The predicted molar refractivity (Wildman–Crippen MR) is 136 cm³/mol. The Balaban J connectivity index is 1.59. The molecule has 6 N–H and O–H groups in total. The molecule has 2 aromatic carbocycles. The Morgan fingerprint density at radius 3 is 2.56 bits per heavy atom. The molecule has 34 heavy (non-hydrogen) atoms. The molecule has 3 aromatic heterocycles. The van der Waals surface area contributed by atoms with Gasteiger partial charge in [0.15, 0.2) is 5.82 Å². The van der Waals surface area contributed by atoms with E-state index in [1.165, 1.54) is 0 Å². The van der Waals surface area contributed by atoms with E-state index in [1.807, 2.05) is 54.9 Å². The van der Waals surface area contributed by atoms with Crippen LogP contribution >= 0.6 is 0 Å². The monoisotopic (exact) mass is 454 g/mol. The first-order valence-corrected chi connectivity index (χ1v) is 11.0. The van der Waals surface area contributed by atoms with E-state index in [2.05, 4.69) is 44.0 Å². The third kappa shape index (κ3) is 3.61. The van der Waals surface area contributed by atoms with Crippen LogP contribution in [0.15, 0.2) is 60.8 Å². The number of nitrogens with zero attached hydrogens (tertiary/aromatic N) is 4. The zero-order valence-corrected chi connectivity index (χ0v) is 19.0. The summed E-state index contributed by atoms with van der Waals surface area (Å²) in [6, 6.07) is 17.7. The van der Waals surface area contributed by atoms with Crippen LogP contribution in [0.1, 0.15) is 11.3 Å². The van der Waals surface area contributed by atoms with Gasteiger partial charge in [0, 0.05) is 30.9 Å². The number of hydrogen-bond acceptors (Lipinski definition) is 8. The number of benzene rings is 2. The smallest absolute Gasteiger partial charge is 0.160 e. The number of nitrogens with one attached hydrogen (secondary N) is 2. The molecule has 0 aliphatic heterocycles. The Hall–Kier alpha value is -4.37. The maximum atomic E-state index is 6.66. The van der Waals surface area contributed by atoms with Crippen molar-refractivity contribution in [1.82, 2.24) is 19.7 Å². The molecule has 0 bridgehead atoms. The van der Waals surface area contributed by atoms with E-state index in [4.69, 9.17) is 16.2 Å². The number of anilines is 3. The number of para-hydroxylation sites is 1. The van der Waals surface area contributed by atoms with Crippen LogP contribution in [0.5, 0.6) is 5.75 Å². The minimum absolute atomic E-state index is 0.119. The van der Waals surface area contributed by atoms with Crippen molar-refractivity contribution in [1.29, 1.82) is 0 Å². The Bertz CT molecular complexity index is 1470. The number of hydrogen-bond donors (Lipinski definition) is 4. The van der Waals surface area contributed by atoms with Crippen LogP contribution in [0.2, 0.25) is 0 Å². The maximum absolute atomic E-state index is 6.66. The molecular formula is C25H26N8O. The summed E-state index contributed by atoms with van der Waals surface area (Å²) < 4.78 is 7.33. The highest BCUT2D eigenvalue weighted by Gasteiger charge is 2.22. The summed E-state index contributed by atoms with van der Waals surface area (Å²) in [5.74, 6) is 2.73. The third-order valence-corrected chi connectivity index (χ3v) is 5.85. The average Bonchev–Trinajstić information content (AvgIpc) is 3.17. The van der Waals surface area contributed by atoms with Crippen molar-refractivity contribution in [2.45, 2.75) is 13.5 Å². The lowest BCUT2D eigenvalue weighted by Crippen LogP contribution is -2.08. The molecule has 5 rings (SSSR count). The van der Waals surface area contributed by atoms with Gasteiger partial charge < -0.3 is 21.1 Å². The van der Waals surface area contributed by atoms with Crippen LogP contribution in [0, 0.1) is 6.92 Å². The molecular weight excluding hydrogens is 428 g/mol. The molecule has 0 saturated carbocycles. The molecule has 0 amide bonds. The topological polar surface area (TPSA) is 129 Å². The number of pyridine rings is 1. The zero-order chi connectivity index (χ0) is 23.7. The number of ether oxygens (including phenoxy) is 1. The molecule has 9 heteroatoms. The molecule has 0 fully saturated rings. The van der Waals surface area contributed by atoms with Gasteiger partial charge in [-0.2, -0.15) is 5.10 Å². The van der Waals surface area contributed by atoms with Gasteiger partial charge >= 0.3 is 0 Å². The molecule has 172 valence electrons. The second kappa shape index (κ2) is 8.87. The minimum atomic E-state index is 0.119. The fourth-order valence-corrected chi connectivity index (χ4v) is 4.32. The lowest BCUT2D eigenvalue weighted by molar-refractivity contribution is 0.329. The van der Waals surface area contributed by atoms with Gasteiger partial charge in [0.25, 0.3) is 0 Å². The molecule has 0 unspecified atom stereocenters. The highest BCUT2D eigenvalue weighted by Crippen LogP contribution is 2.40. The molecule has 3 heterocycles. The Kier molecular flexibility index (Phi) is 5.60. The van der Waals surface area contributed by atoms with E-state index in [-0.39, 0.29) is 6.73 Å². The summed E-state index contributed by atoms with van der Waals surface area (Å²) >= 11 is 0. The summed E-state index contributed by atoms with van der Waals surface area (Å²) in [5, 5.41) is 18.4. The lowest BCUT2D eigenvalue weighted by atomic mass is 10.1. The van der Waals surface area contributed by atoms with Crippen LogP contribution in [0.25, 0.3) is 27.4 Å². The van der Waals surface area contributed by atoms with Crippen LogP contribution in [0.3, 0.4) is 0 Å². The van der Waals surface area contributed by atoms with E-state index in [9.17, 15) is 0 Å². The molecule has 0 radical (unpaired) electrons. The summed E-state index contributed by atoms with van der Waals surface area (Å²) in [6.07, 6.45) is 1.81. The average molecular weight is 455 g/mol. The van der Waals surface area contributed by atoms with Crippen molar-refractivity contribution in [3.8, 4) is 11.4 Å². The standard InChI is InChI=1S/C25H26N8O/c1-15-20-21(25(28-2)33(23(20)27)18-8-10-19(11-9-18)34-14-26)24(32-31-15)30-13-17-6-3-5-16-7-4-12-29-22(16)17/h3-12,28H,13-14,26-27H2,1-2H3,(H,30,32). The number of rotatable bonds is 7. The Morgan fingerprint density at radius 2 is 1.79 bits per heavy atom. The summed E-state index contributed by atoms with van der Waals surface area (Å²) in [5.41, 5.74) is 15.8. The van der Waals surface area contributed by atoms with Crippen molar-refractivity contribution in [3.05, 3.63) is 72.1 Å². The van der Waals surface area contributed by atoms with Gasteiger partial charge in [-0.3, -0.25) is 15.3 Å². The SMILES string of the molecule is CNc1c2c(NCc3cccc4cccnc34)nnc(C)c2c(N)n1-c1ccc(OCN)cc1. The molecule has 0 saturated heterocycles. The second-order valence-electron chi connectivity index (χ2n) is 7.85. The molecule has 0 aliphatic carbocycles. The zero-order valence-electron chi connectivity index (χ0n) is 19.0. The Morgan fingerprint density at radius 1 is 1.00 bits per heavy atom. The van der Waals surface area contributed by atoms with Crippen LogP contribution in [-0.2, 0) is 6.54 Å². The third-order valence-electron chi connectivity index (χ3n) is 5.85. The largest absolute Gasteiger partial charge is 0.479 e. The van der Waals surface area contributed by atoms with Crippen molar-refractivity contribution in [2.24, 2.45) is 5.73 Å². The van der Waals surface area contributed by atoms with Gasteiger partial charge in [-0.1, -0.05) is 24.3 Å². The van der Waals surface area contributed by atoms with E-state index in [1.54, 1.807) is 6.20 Å². The summed E-state index contributed by atoms with van der Waals surface area (Å²) in [6.45, 7) is 2.57. The van der Waals surface area contributed by atoms with Crippen LogP contribution in [0.4, 0.5) is 17.5 Å². The van der Waals surface area contributed by atoms with Crippen LogP contribution in [-0.4, -0.2) is 33.5 Å². The van der Waals surface area contributed by atoms with Gasteiger partial charge in [-0.15, -0.1) is 5.10 Å². The molecule has 0 spiro atoms. The fraction of sp³-hybridized carbons (Fsp3) is 0.160. The van der Waals surface area contributed by atoms with E-state index >= 15 is 0 Å². The minimum Gasteiger partial charge on any atom is -0.479 e. The van der Waals surface area contributed by atoms with Crippen molar-refractivity contribution >= 4 is 39.1 Å². The van der Waals surface area contributed by atoms with Gasteiger partial charge in [-0.05, 0) is 42.8 Å².